The molecule has 4 rings (SSSR count). The fourth-order valence-electron chi connectivity index (χ4n) is 3.91. The molecule has 7 nitrogen and oxygen atoms in total. The van der Waals surface area contributed by atoms with Gasteiger partial charge in [-0.25, -0.2) is 14.4 Å². The Hall–Kier alpha value is -3.61. The van der Waals surface area contributed by atoms with Crippen LogP contribution in [0.1, 0.15) is 42.9 Å². The van der Waals surface area contributed by atoms with Crippen LogP contribution in [0.3, 0.4) is 0 Å². The molecule has 1 N–H and O–H groups in total. The number of hydrogen-bond donors (Lipinski definition) is 1. The lowest BCUT2D eigenvalue weighted by Gasteiger charge is -2.17. The van der Waals surface area contributed by atoms with Crippen LogP contribution in [0.15, 0.2) is 57.7 Å². The molecular weight excluding hydrogens is 410 g/mol. The summed E-state index contributed by atoms with van der Waals surface area (Å²) >= 11 is 0. The number of benzene rings is 2. The Labute approximate surface area is 185 Å². The summed E-state index contributed by atoms with van der Waals surface area (Å²) in [6.07, 6.45) is 3.21. The minimum Gasteiger partial charge on any atom is -0.445 e. The number of carbonyl (C=O) groups is 2. The number of rotatable bonds is 6. The van der Waals surface area contributed by atoms with Crippen LogP contribution in [0, 0.1) is 0 Å². The highest BCUT2D eigenvalue weighted by Gasteiger charge is 2.23. The van der Waals surface area contributed by atoms with Gasteiger partial charge in [-0.15, -0.1) is 0 Å². The van der Waals surface area contributed by atoms with Crippen molar-refractivity contribution in [1.29, 1.82) is 0 Å². The summed E-state index contributed by atoms with van der Waals surface area (Å²) in [5.41, 5.74) is 2.68. The predicted octanol–water partition coefficient (Wildman–Crippen LogP) is 4.28. The summed E-state index contributed by atoms with van der Waals surface area (Å²) in [5, 5.41) is 3.40. The summed E-state index contributed by atoms with van der Waals surface area (Å²) in [4.78, 5) is 37.0. The zero-order chi connectivity index (χ0) is 22.5. The van der Waals surface area contributed by atoms with Gasteiger partial charge < -0.3 is 19.2 Å². The Morgan fingerprint density at radius 3 is 2.56 bits per heavy atom. The molecule has 3 aromatic rings. The topological polar surface area (TPSA) is 94.8 Å². The predicted molar refractivity (Wildman–Crippen MR) is 119 cm³/mol. The molecule has 0 radical (unpaired) electrons. The minimum absolute atomic E-state index is 0.103. The minimum atomic E-state index is -0.871. The number of ether oxygens (including phenoxy) is 2. The average Bonchev–Trinajstić information content (AvgIpc) is 2.82. The monoisotopic (exact) mass is 435 g/mol. The lowest BCUT2D eigenvalue weighted by atomic mass is 9.91. The molecule has 1 aliphatic carbocycles. The molecule has 1 atom stereocenters. The van der Waals surface area contributed by atoms with Crippen molar-refractivity contribution in [1.82, 2.24) is 5.32 Å². The van der Waals surface area contributed by atoms with Gasteiger partial charge in [0.25, 0.3) is 0 Å². The Balaban J connectivity index is 1.42. The lowest BCUT2D eigenvalue weighted by Crippen LogP contribution is -2.42. The van der Waals surface area contributed by atoms with Crippen LogP contribution in [-0.2, 0) is 29.0 Å². The zero-order valence-electron chi connectivity index (χ0n) is 17.9. The maximum Gasteiger partial charge on any atom is 0.408 e. The van der Waals surface area contributed by atoms with Gasteiger partial charge in [-0.3, -0.25) is 0 Å². The highest BCUT2D eigenvalue weighted by Crippen LogP contribution is 2.29. The van der Waals surface area contributed by atoms with E-state index in [1.165, 1.54) is 0 Å². The molecular formula is C25H25NO6. The molecule has 0 unspecified atom stereocenters. The molecule has 1 aliphatic rings. The first-order valence-electron chi connectivity index (χ1n) is 10.8. The van der Waals surface area contributed by atoms with Crippen LogP contribution in [-0.4, -0.2) is 18.1 Å². The summed E-state index contributed by atoms with van der Waals surface area (Å²) in [5.74, 6) is -0.372. The van der Waals surface area contributed by atoms with Gasteiger partial charge >= 0.3 is 17.7 Å². The second kappa shape index (κ2) is 9.68. The summed E-state index contributed by atoms with van der Waals surface area (Å²) in [6.45, 7) is 1.86. The number of nitrogens with one attached hydrogen (secondary N) is 1. The third-order valence-electron chi connectivity index (χ3n) is 5.61. The highest BCUT2D eigenvalue weighted by molar-refractivity contribution is 5.86. The van der Waals surface area contributed by atoms with E-state index in [4.69, 9.17) is 13.9 Å². The zero-order valence-corrected chi connectivity index (χ0v) is 17.9. The van der Waals surface area contributed by atoms with Crippen molar-refractivity contribution in [3.8, 4) is 5.75 Å². The maximum atomic E-state index is 12.6. The maximum absolute atomic E-state index is 12.6. The number of carbonyl (C=O) groups excluding carboxylic acids is 2. The van der Waals surface area contributed by atoms with Gasteiger partial charge in [0, 0.05) is 17.0 Å². The van der Waals surface area contributed by atoms with E-state index < -0.39 is 18.1 Å². The molecule has 0 bridgehead atoms. The van der Waals surface area contributed by atoms with E-state index >= 15 is 0 Å². The first-order chi connectivity index (χ1) is 15.5. The Kier molecular flexibility index (Phi) is 6.54. The molecule has 0 saturated heterocycles. The molecule has 7 heteroatoms. The number of amides is 1. The molecule has 166 valence electrons. The normalized spacial score (nSPS) is 13.8. The standard InChI is InChI=1S/C25H25NO6/c1-2-21(26-25(29)30-15-16-8-4-3-5-9-16)24(28)31-17-12-13-19-18-10-6-7-11-20(18)23(27)32-22(19)14-17/h3-5,8-9,12-14,21H,2,6-7,10-11,15H2,1H3,(H,26,29)/t21-/m0/s1. The third-order valence-corrected chi connectivity index (χ3v) is 5.61. The highest BCUT2D eigenvalue weighted by atomic mass is 16.6. The fourth-order valence-corrected chi connectivity index (χ4v) is 3.91. The molecule has 1 amide bonds. The van der Waals surface area contributed by atoms with Crippen LogP contribution in [0.4, 0.5) is 4.79 Å². The molecule has 0 fully saturated rings. The molecule has 0 spiro atoms. The Morgan fingerprint density at radius 2 is 1.81 bits per heavy atom. The van der Waals surface area contributed by atoms with Gasteiger partial charge in [-0.1, -0.05) is 37.3 Å². The number of aryl methyl sites for hydroxylation is 1. The molecule has 32 heavy (non-hydrogen) atoms. The molecule has 1 aromatic heterocycles. The molecule has 0 saturated carbocycles. The van der Waals surface area contributed by atoms with Crippen LogP contribution in [0.2, 0.25) is 0 Å². The number of fused-ring (bicyclic) bond motifs is 3. The van der Waals surface area contributed by atoms with E-state index in [9.17, 15) is 14.4 Å². The van der Waals surface area contributed by atoms with Gasteiger partial charge in [0.05, 0.1) is 0 Å². The number of esters is 1. The van der Waals surface area contributed by atoms with Crippen LogP contribution < -0.4 is 15.7 Å². The van der Waals surface area contributed by atoms with Crippen molar-refractivity contribution in [2.75, 3.05) is 0 Å². The fraction of sp³-hybridized carbons (Fsp3) is 0.320. The lowest BCUT2D eigenvalue weighted by molar-refractivity contribution is -0.136. The smallest absolute Gasteiger partial charge is 0.408 e. The van der Waals surface area contributed by atoms with E-state index in [0.29, 0.717) is 12.0 Å². The van der Waals surface area contributed by atoms with Crippen LogP contribution in [0.25, 0.3) is 11.0 Å². The van der Waals surface area contributed by atoms with Crippen molar-refractivity contribution in [3.63, 3.8) is 0 Å². The summed E-state index contributed by atoms with van der Waals surface area (Å²) in [7, 11) is 0. The first kappa shape index (κ1) is 21.6. The third kappa shape index (κ3) is 4.82. The average molecular weight is 435 g/mol. The quantitative estimate of drug-likeness (QED) is 0.353. The second-order valence-corrected chi connectivity index (χ2v) is 7.80. The number of alkyl carbamates (subject to hydrolysis) is 1. The van der Waals surface area contributed by atoms with Gasteiger partial charge in [-0.05, 0) is 55.4 Å². The van der Waals surface area contributed by atoms with Gasteiger partial charge in [-0.2, -0.15) is 0 Å². The van der Waals surface area contributed by atoms with E-state index in [2.05, 4.69) is 5.32 Å². The van der Waals surface area contributed by atoms with Crippen LogP contribution in [0.5, 0.6) is 5.75 Å². The van der Waals surface area contributed by atoms with Gasteiger partial charge in [0.2, 0.25) is 0 Å². The van der Waals surface area contributed by atoms with Gasteiger partial charge in [0.15, 0.2) is 0 Å². The van der Waals surface area contributed by atoms with Crippen LogP contribution >= 0.6 is 0 Å². The number of hydrogen-bond acceptors (Lipinski definition) is 6. The first-order valence-corrected chi connectivity index (χ1v) is 10.8. The summed E-state index contributed by atoms with van der Waals surface area (Å²) < 4.78 is 16.1. The molecule has 1 heterocycles. The Bertz CT molecular complexity index is 1180. The van der Waals surface area contributed by atoms with Crippen molar-refractivity contribution in [2.45, 2.75) is 51.7 Å². The van der Waals surface area contributed by atoms with Crippen molar-refractivity contribution < 1.29 is 23.5 Å². The molecule has 2 aromatic carbocycles. The van der Waals surface area contributed by atoms with E-state index in [-0.39, 0.29) is 18.0 Å². The van der Waals surface area contributed by atoms with Gasteiger partial charge in [0.1, 0.15) is 24.0 Å². The van der Waals surface area contributed by atoms with E-state index in [0.717, 1.165) is 47.8 Å². The Morgan fingerprint density at radius 1 is 1.06 bits per heavy atom. The van der Waals surface area contributed by atoms with Crippen molar-refractivity contribution >= 4 is 23.0 Å². The molecule has 0 aliphatic heterocycles. The van der Waals surface area contributed by atoms with Crippen molar-refractivity contribution in [2.24, 2.45) is 0 Å². The summed E-state index contributed by atoms with van der Waals surface area (Å²) in [6, 6.07) is 13.4. The SMILES string of the molecule is CC[C@H](NC(=O)OCc1ccccc1)C(=O)Oc1ccc2c3c(c(=O)oc2c1)CCCC3. The van der Waals surface area contributed by atoms with E-state index in [1.807, 2.05) is 36.4 Å². The van der Waals surface area contributed by atoms with E-state index in [1.54, 1.807) is 19.1 Å². The second-order valence-electron chi connectivity index (χ2n) is 7.80. The van der Waals surface area contributed by atoms with Crippen molar-refractivity contribution in [3.05, 3.63) is 75.6 Å². The largest absolute Gasteiger partial charge is 0.445 e.